The molecule has 50 valence electrons. The topological polar surface area (TPSA) is 40.5 Å². The van der Waals surface area contributed by atoms with Gasteiger partial charge in [-0.15, -0.1) is 0 Å². The fourth-order valence-corrected chi connectivity index (χ4v) is 1.82. The SMILES string of the molecule is OC1=CC2CCC1(O)C2. The Morgan fingerprint density at radius 2 is 2.44 bits per heavy atom. The van der Waals surface area contributed by atoms with Gasteiger partial charge in [-0.25, -0.2) is 0 Å². The molecule has 2 bridgehead atoms. The Morgan fingerprint density at radius 1 is 1.67 bits per heavy atom. The molecule has 2 unspecified atom stereocenters. The van der Waals surface area contributed by atoms with Crippen LogP contribution < -0.4 is 0 Å². The van der Waals surface area contributed by atoms with Crippen LogP contribution in [0.5, 0.6) is 0 Å². The second-order valence-electron chi connectivity index (χ2n) is 3.09. The van der Waals surface area contributed by atoms with E-state index in [0.717, 1.165) is 19.3 Å². The molecule has 2 N–H and O–H groups in total. The standard InChI is InChI=1S/C7H10O2/c8-6-3-5-1-2-7(6,9)4-5/h3,5,8-9H,1-2,4H2. The van der Waals surface area contributed by atoms with Crippen LogP contribution in [-0.2, 0) is 0 Å². The molecule has 0 aliphatic heterocycles. The molecule has 2 aliphatic carbocycles. The summed E-state index contributed by atoms with van der Waals surface area (Å²) in [5.74, 6) is 0.661. The summed E-state index contributed by atoms with van der Waals surface area (Å²) in [6, 6.07) is 0. The van der Waals surface area contributed by atoms with Crippen LogP contribution in [0.2, 0.25) is 0 Å². The predicted molar refractivity (Wildman–Crippen MR) is 33.0 cm³/mol. The quantitative estimate of drug-likeness (QED) is 0.507. The summed E-state index contributed by atoms with van der Waals surface area (Å²) in [6.07, 6.45) is 4.32. The molecule has 2 rings (SSSR count). The fraction of sp³-hybridized carbons (Fsp3) is 0.714. The molecule has 0 radical (unpaired) electrons. The minimum absolute atomic E-state index is 0.207. The lowest BCUT2D eigenvalue weighted by atomic mass is 10.0. The molecular formula is C7H10O2. The lowest BCUT2D eigenvalue weighted by Gasteiger charge is -2.17. The second-order valence-corrected chi connectivity index (χ2v) is 3.09. The minimum Gasteiger partial charge on any atom is -0.510 e. The van der Waals surface area contributed by atoms with E-state index in [1.54, 1.807) is 6.08 Å². The van der Waals surface area contributed by atoms with Crippen LogP contribution in [0.25, 0.3) is 0 Å². The molecule has 0 heterocycles. The first-order valence-corrected chi connectivity index (χ1v) is 3.34. The number of aliphatic hydroxyl groups is 2. The zero-order chi connectivity index (χ0) is 6.48. The van der Waals surface area contributed by atoms with Crippen LogP contribution in [0.15, 0.2) is 11.8 Å². The van der Waals surface area contributed by atoms with Gasteiger partial charge in [-0.3, -0.25) is 0 Å². The van der Waals surface area contributed by atoms with E-state index in [9.17, 15) is 5.11 Å². The van der Waals surface area contributed by atoms with Crippen molar-refractivity contribution in [2.75, 3.05) is 0 Å². The summed E-state index contributed by atoms with van der Waals surface area (Å²) in [6.45, 7) is 0. The number of hydrogen-bond acceptors (Lipinski definition) is 2. The zero-order valence-corrected chi connectivity index (χ0v) is 5.17. The fourth-order valence-electron chi connectivity index (χ4n) is 1.82. The Labute approximate surface area is 53.8 Å². The molecule has 2 atom stereocenters. The maximum Gasteiger partial charge on any atom is 0.121 e. The summed E-state index contributed by atoms with van der Waals surface area (Å²) in [4.78, 5) is 0. The van der Waals surface area contributed by atoms with Gasteiger partial charge in [0.1, 0.15) is 11.4 Å². The van der Waals surface area contributed by atoms with Gasteiger partial charge in [-0.2, -0.15) is 0 Å². The molecule has 1 saturated carbocycles. The average molecular weight is 126 g/mol. The Balaban J connectivity index is 2.37. The van der Waals surface area contributed by atoms with Crippen LogP contribution in [0.1, 0.15) is 19.3 Å². The number of hydrogen-bond donors (Lipinski definition) is 2. The van der Waals surface area contributed by atoms with Crippen LogP contribution >= 0.6 is 0 Å². The Kier molecular flexibility index (Phi) is 0.776. The minimum atomic E-state index is -0.815. The average Bonchev–Trinajstić information content (AvgIpc) is 2.22. The van der Waals surface area contributed by atoms with Crippen molar-refractivity contribution in [1.82, 2.24) is 0 Å². The third-order valence-electron chi connectivity index (χ3n) is 2.40. The van der Waals surface area contributed by atoms with Gasteiger partial charge in [0.05, 0.1) is 0 Å². The molecular weight excluding hydrogens is 116 g/mol. The summed E-state index contributed by atoms with van der Waals surface area (Å²) < 4.78 is 0. The van der Waals surface area contributed by atoms with Gasteiger partial charge >= 0.3 is 0 Å². The molecule has 2 nitrogen and oxygen atoms in total. The smallest absolute Gasteiger partial charge is 0.121 e. The maximum absolute atomic E-state index is 9.49. The molecule has 2 heteroatoms. The number of aliphatic hydroxyl groups excluding tert-OH is 1. The largest absolute Gasteiger partial charge is 0.510 e. The van der Waals surface area contributed by atoms with Crippen LogP contribution in [0.4, 0.5) is 0 Å². The maximum atomic E-state index is 9.49. The van der Waals surface area contributed by atoms with Gasteiger partial charge in [0.15, 0.2) is 0 Å². The van der Waals surface area contributed by atoms with Crippen LogP contribution in [0, 0.1) is 5.92 Å². The van der Waals surface area contributed by atoms with Gasteiger partial charge in [0.2, 0.25) is 0 Å². The van der Waals surface area contributed by atoms with E-state index in [1.807, 2.05) is 0 Å². The summed E-state index contributed by atoms with van der Waals surface area (Å²) in [5, 5.41) is 18.6. The number of allylic oxidation sites excluding steroid dienone is 1. The predicted octanol–water partition coefficient (Wildman–Crippen LogP) is 0.973. The number of fused-ring (bicyclic) bond motifs is 2. The first-order valence-electron chi connectivity index (χ1n) is 3.34. The van der Waals surface area contributed by atoms with E-state index in [4.69, 9.17) is 5.11 Å². The molecule has 9 heavy (non-hydrogen) atoms. The molecule has 0 aromatic carbocycles. The van der Waals surface area contributed by atoms with Crippen molar-refractivity contribution in [3.05, 3.63) is 11.8 Å². The lowest BCUT2D eigenvalue weighted by Crippen LogP contribution is -2.24. The van der Waals surface area contributed by atoms with E-state index in [0.29, 0.717) is 5.92 Å². The third kappa shape index (κ3) is 0.540. The Morgan fingerprint density at radius 3 is 2.67 bits per heavy atom. The van der Waals surface area contributed by atoms with E-state index in [2.05, 4.69) is 0 Å². The van der Waals surface area contributed by atoms with E-state index < -0.39 is 5.60 Å². The molecule has 0 saturated heterocycles. The van der Waals surface area contributed by atoms with Crippen molar-refractivity contribution in [2.24, 2.45) is 5.92 Å². The monoisotopic (exact) mass is 126 g/mol. The zero-order valence-electron chi connectivity index (χ0n) is 5.17. The molecule has 1 fully saturated rings. The van der Waals surface area contributed by atoms with E-state index in [-0.39, 0.29) is 5.76 Å². The molecule has 0 amide bonds. The van der Waals surface area contributed by atoms with Gasteiger partial charge < -0.3 is 10.2 Å². The van der Waals surface area contributed by atoms with Crippen molar-refractivity contribution in [2.45, 2.75) is 24.9 Å². The molecule has 0 spiro atoms. The van der Waals surface area contributed by atoms with Gasteiger partial charge in [-0.05, 0) is 31.3 Å². The number of rotatable bonds is 0. The van der Waals surface area contributed by atoms with Crippen molar-refractivity contribution in [1.29, 1.82) is 0 Å². The molecule has 2 aliphatic rings. The van der Waals surface area contributed by atoms with Crippen molar-refractivity contribution in [3.8, 4) is 0 Å². The van der Waals surface area contributed by atoms with Crippen molar-refractivity contribution < 1.29 is 10.2 Å². The highest BCUT2D eigenvalue weighted by Crippen LogP contribution is 2.45. The summed E-state index contributed by atoms with van der Waals surface area (Å²) in [5.41, 5.74) is -0.815. The molecule has 0 aromatic heterocycles. The van der Waals surface area contributed by atoms with Crippen LogP contribution in [-0.4, -0.2) is 15.8 Å². The van der Waals surface area contributed by atoms with E-state index >= 15 is 0 Å². The van der Waals surface area contributed by atoms with E-state index in [1.165, 1.54) is 0 Å². The highest BCUT2D eigenvalue weighted by molar-refractivity contribution is 5.22. The molecule has 0 aromatic rings. The lowest BCUT2D eigenvalue weighted by molar-refractivity contribution is 0.0478. The van der Waals surface area contributed by atoms with Gasteiger partial charge in [-0.1, -0.05) is 0 Å². The van der Waals surface area contributed by atoms with Crippen molar-refractivity contribution in [3.63, 3.8) is 0 Å². The first-order chi connectivity index (χ1) is 4.21. The highest BCUT2D eigenvalue weighted by atomic mass is 16.3. The Bertz CT molecular complexity index is 174. The summed E-state index contributed by atoms with van der Waals surface area (Å²) >= 11 is 0. The summed E-state index contributed by atoms with van der Waals surface area (Å²) in [7, 11) is 0. The Hall–Kier alpha value is -0.500. The third-order valence-corrected chi connectivity index (χ3v) is 2.40. The van der Waals surface area contributed by atoms with Crippen molar-refractivity contribution >= 4 is 0 Å². The second kappa shape index (κ2) is 1.32. The van der Waals surface area contributed by atoms with Crippen LogP contribution in [0.3, 0.4) is 0 Å². The first kappa shape index (κ1) is 5.30. The van der Waals surface area contributed by atoms with Gasteiger partial charge in [0, 0.05) is 0 Å². The van der Waals surface area contributed by atoms with Gasteiger partial charge in [0.25, 0.3) is 0 Å². The normalized spacial score (nSPS) is 47.7. The highest BCUT2D eigenvalue weighted by Gasteiger charge is 2.45.